The van der Waals surface area contributed by atoms with Crippen LogP contribution in [0.15, 0.2) is 23.4 Å². The van der Waals surface area contributed by atoms with Crippen molar-refractivity contribution in [3.63, 3.8) is 0 Å². The van der Waals surface area contributed by atoms with Gasteiger partial charge in [-0.3, -0.25) is 0 Å². The molecule has 2 aromatic rings. The third kappa shape index (κ3) is 2.13. The molecule has 8 heteroatoms. The summed E-state index contributed by atoms with van der Waals surface area (Å²) in [7, 11) is -3.71. The summed E-state index contributed by atoms with van der Waals surface area (Å²) in [6, 6.07) is 1.18. The SMILES string of the molecule is CC(C)(C)S(=O)(=O)c1cn2cc(NN)nc2cc1[O-]. The van der Waals surface area contributed by atoms with Crippen LogP contribution < -0.4 is 16.4 Å². The number of sulfone groups is 1. The van der Waals surface area contributed by atoms with E-state index in [9.17, 15) is 13.5 Å². The standard InChI is InChI=1S/C11H16N4O3S/c1-11(2,3)19(17,18)8-5-15-6-9(14-12)13-10(15)4-7(8)16/h4-6,14,16H,12H2,1-3H3/p-1. The number of fused-ring (bicyclic) bond motifs is 1. The minimum Gasteiger partial charge on any atom is -0.871 e. The zero-order valence-corrected chi connectivity index (χ0v) is 11.7. The molecule has 0 aromatic carbocycles. The monoisotopic (exact) mass is 283 g/mol. The van der Waals surface area contributed by atoms with Gasteiger partial charge in [0.15, 0.2) is 15.7 Å². The van der Waals surface area contributed by atoms with E-state index < -0.39 is 20.3 Å². The molecule has 0 saturated heterocycles. The lowest BCUT2D eigenvalue weighted by molar-refractivity contribution is -0.272. The summed E-state index contributed by atoms with van der Waals surface area (Å²) in [6.45, 7) is 4.65. The Balaban J connectivity index is 2.72. The molecule has 0 bridgehead atoms. The van der Waals surface area contributed by atoms with Crippen LogP contribution in [0.3, 0.4) is 0 Å². The normalized spacial score (nSPS) is 12.8. The molecule has 0 aliphatic heterocycles. The van der Waals surface area contributed by atoms with Crippen molar-refractivity contribution in [1.82, 2.24) is 9.38 Å². The van der Waals surface area contributed by atoms with Crippen LogP contribution in [0.2, 0.25) is 0 Å². The van der Waals surface area contributed by atoms with Gasteiger partial charge in [-0.25, -0.2) is 19.2 Å². The maximum atomic E-state index is 12.3. The average molecular weight is 283 g/mol. The van der Waals surface area contributed by atoms with Gasteiger partial charge in [0, 0.05) is 6.20 Å². The number of hydrogen-bond donors (Lipinski definition) is 2. The second-order valence-electron chi connectivity index (χ2n) is 5.15. The van der Waals surface area contributed by atoms with Gasteiger partial charge in [0.05, 0.1) is 15.8 Å². The largest absolute Gasteiger partial charge is 0.871 e. The van der Waals surface area contributed by atoms with Crippen LogP contribution >= 0.6 is 0 Å². The van der Waals surface area contributed by atoms with E-state index in [4.69, 9.17) is 5.84 Å². The summed E-state index contributed by atoms with van der Waals surface area (Å²) in [5.41, 5.74) is 2.68. The second-order valence-corrected chi connectivity index (χ2v) is 7.83. The molecule has 0 fully saturated rings. The summed E-state index contributed by atoms with van der Waals surface area (Å²) in [5, 5.41) is 11.9. The molecule has 0 amide bonds. The molecule has 0 aliphatic rings. The van der Waals surface area contributed by atoms with Crippen LogP contribution in [-0.2, 0) is 9.84 Å². The number of imidazole rings is 1. The Morgan fingerprint density at radius 2 is 2.00 bits per heavy atom. The van der Waals surface area contributed by atoms with Crippen LogP contribution in [0, 0.1) is 0 Å². The molecule has 7 nitrogen and oxygen atoms in total. The van der Waals surface area contributed by atoms with Gasteiger partial charge in [0.2, 0.25) is 0 Å². The number of nitrogens with one attached hydrogen (secondary N) is 1. The summed E-state index contributed by atoms with van der Waals surface area (Å²) < 4.78 is 25.0. The molecular weight excluding hydrogens is 268 g/mol. The van der Waals surface area contributed by atoms with Crippen molar-refractivity contribution in [3.05, 3.63) is 18.5 Å². The highest BCUT2D eigenvalue weighted by molar-refractivity contribution is 7.92. The minimum absolute atomic E-state index is 0.242. The van der Waals surface area contributed by atoms with Crippen LogP contribution in [0.1, 0.15) is 20.8 Å². The van der Waals surface area contributed by atoms with E-state index in [1.165, 1.54) is 22.9 Å². The molecule has 0 radical (unpaired) electrons. The van der Waals surface area contributed by atoms with Crippen LogP contribution in [0.5, 0.6) is 5.75 Å². The Morgan fingerprint density at radius 1 is 1.37 bits per heavy atom. The lowest BCUT2D eigenvalue weighted by Crippen LogP contribution is -2.29. The lowest BCUT2D eigenvalue weighted by atomic mass is 10.3. The number of hydrazine groups is 1. The van der Waals surface area contributed by atoms with Gasteiger partial charge in [-0.1, -0.05) is 5.75 Å². The van der Waals surface area contributed by atoms with Crippen LogP contribution in [0.25, 0.3) is 5.65 Å². The summed E-state index contributed by atoms with van der Waals surface area (Å²) in [5.74, 6) is 5.00. The number of nitrogens with two attached hydrogens (primary N) is 1. The van der Waals surface area contributed by atoms with Crippen molar-refractivity contribution in [3.8, 4) is 5.75 Å². The van der Waals surface area contributed by atoms with E-state index in [0.717, 1.165) is 0 Å². The van der Waals surface area contributed by atoms with E-state index in [0.29, 0.717) is 11.5 Å². The van der Waals surface area contributed by atoms with E-state index in [-0.39, 0.29) is 4.90 Å². The van der Waals surface area contributed by atoms with Crippen LogP contribution in [-0.4, -0.2) is 22.5 Å². The van der Waals surface area contributed by atoms with E-state index in [2.05, 4.69) is 10.4 Å². The molecule has 3 N–H and O–H groups in total. The number of anilines is 1. The quantitative estimate of drug-likeness (QED) is 0.604. The van der Waals surface area contributed by atoms with Crippen molar-refractivity contribution in [1.29, 1.82) is 0 Å². The van der Waals surface area contributed by atoms with Gasteiger partial charge in [-0.05, 0) is 26.8 Å². The van der Waals surface area contributed by atoms with Crippen molar-refractivity contribution >= 4 is 21.3 Å². The van der Waals surface area contributed by atoms with Crippen LogP contribution in [0.4, 0.5) is 5.82 Å². The van der Waals surface area contributed by atoms with E-state index in [1.807, 2.05) is 0 Å². The second kappa shape index (κ2) is 4.10. The number of rotatable bonds is 2. The fourth-order valence-electron chi connectivity index (χ4n) is 1.60. The number of aromatic nitrogens is 2. The van der Waals surface area contributed by atoms with Crippen molar-refractivity contribution in [2.75, 3.05) is 5.43 Å². The first-order chi connectivity index (χ1) is 8.66. The topological polar surface area (TPSA) is 113 Å². The van der Waals surface area contributed by atoms with Gasteiger partial charge >= 0.3 is 0 Å². The number of hydrogen-bond acceptors (Lipinski definition) is 6. The first-order valence-electron chi connectivity index (χ1n) is 5.58. The fraction of sp³-hybridized carbons (Fsp3) is 0.364. The molecule has 2 heterocycles. The number of nitrogens with zero attached hydrogens (tertiary/aromatic N) is 2. The maximum absolute atomic E-state index is 12.3. The summed E-state index contributed by atoms with van der Waals surface area (Å²) in [6.07, 6.45) is 2.78. The Hall–Kier alpha value is -1.80. The van der Waals surface area contributed by atoms with Crippen molar-refractivity contribution in [2.45, 2.75) is 30.4 Å². The van der Waals surface area contributed by atoms with Gasteiger partial charge in [-0.15, -0.1) is 0 Å². The zero-order valence-electron chi connectivity index (χ0n) is 10.8. The number of nitrogen functional groups attached to an aromatic ring is 1. The van der Waals surface area contributed by atoms with Gasteiger partial charge < -0.3 is 14.9 Å². The van der Waals surface area contributed by atoms with Gasteiger partial charge in [-0.2, -0.15) is 0 Å². The Bertz CT molecular complexity index is 728. The first kappa shape index (κ1) is 13.6. The summed E-state index contributed by atoms with van der Waals surface area (Å²) in [4.78, 5) is 3.77. The molecule has 0 atom stereocenters. The third-order valence-electron chi connectivity index (χ3n) is 2.76. The van der Waals surface area contributed by atoms with Gasteiger partial charge in [0.25, 0.3) is 0 Å². The predicted molar refractivity (Wildman–Crippen MR) is 69.4 cm³/mol. The highest BCUT2D eigenvalue weighted by atomic mass is 32.2. The molecule has 104 valence electrons. The van der Waals surface area contributed by atoms with E-state index >= 15 is 0 Å². The van der Waals surface area contributed by atoms with E-state index in [1.54, 1.807) is 20.8 Å². The third-order valence-corrected chi connectivity index (χ3v) is 5.26. The highest BCUT2D eigenvalue weighted by Crippen LogP contribution is 2.30. The molecule has 2 rings (SSSR count). The smallest absolute Gasteiger partial charge is 0.184 e. The minimum atomic E-state index is -3.71. The molecule has 0 saturated carbocycles. The molecule has 0 aliphatic carbocycles. The Morgan fingerprint density at radius 3 is 2.53 bits per heavy atom. The Kier molecular flexibility index (Phi) is 2.94. The van der Waals surface area contributed by atoms with Gasteiger partial charge in [0.1, 0.15) is 5.65 Å². The molecule has 0 spiro atoms. The average Bonchev–Trinajstić information content (AvgIpc) is 2.68. The number of pyridine rings is 1. The molecule has 19 heavy (non-hydrogen) atoms. The maximum Gasteiger partial charge on any atom is 0.184 e. The Labute approximate surface area is 111 Å². The predicted octanol–water partition coefficient (Wildman–Crippen LogP) is 0.266. The zero-order chi connectivity index (χ0) is 14.4. The fourth-order valence-corrected chi connectivity index (χ4v) is 2.83. The molecular formula is C11H15N4O3S-. The highest BCUT2D eigenvalue weighted by Gasteiger charge is 2.31. The lowest BCUT2D eigenvalue weighted by Gasteiger charge is -2.23. The molecule has 2 aromatic heterocycles. The van der Waals surface area contributed by atoms with Crippen molar-refractivity contribution < 1.29 is 13.5 Å². The van der Waals surface area contributed by atoms with Crippen molar-refractivity contribution in [2.24, 2.45) is 5.84 Å². The summed E-state index contributed by atoms with van der Waals surface area (Å²) >= 11 is 0. The first-order valence-corrected chi connectivity index (χ1v) is 7.06. The molecule has 0 unspecified atom stereocenters.